The fraction of sp³-hybridized carbons (Fsp3) is 0.0588. The molecule has 0 unspecified atom stereocenters. The quantitative estimate of drug-likeness (QED) is 0.678. The zero-order valence-electron chi connectivity index (χ0n) is 11.5. The predicted octanol–water partition coefficient (Wildman–Crippen LogP) is 2.67. The third kappa shape index (κ3) is 2.31. The normalized spacial score (nSPS) is 14.0. The van der Waals surface area contributed by atoms with Crippen LogP contribution in [0.2, 0.25) is 0 Å². The Morgan fingerprint density at radius 3 is 2.14 bits per heavy atom. The summed E-state index contributed by atoms with van der Waals surface area (Å²) in [6, 6.07) is 13.1. The second kappa shape index (κ2) is 4.90. The first-order valence-corrected chi connectivity index (χ1v) is 6.59. The van der Waals surface area contributed by atoms with Gasteiger partial charge >= 0.3 is 0 Å². The maximum atomic E-state index is 11.6. The van der Waals surface area contributed by atoms with Crippen molar-refractivity contribution in [3.63, 3.8) is 0 Å². The lowest BCUT2D eigenvalue weighted by Crippen LogP contribution is -2.29. The highest BCUT2D eigenvalue weighted by atomic mass is 16.2. The zero-order valence-corrected chi connectivity index (χ0v) is 11.5. The SMILES string of the molecule is Cc1ccc(N)c(-c2ccc(N3C(=O)C=CC3=O)cc2)c1. The van der Waals surface area contributed by atoms with Crippen molar-refractivity contribution in [2.24, 2.45) is 0 Å². The molecule has 0 atom stereocenters. The highest BCUT2D eigenvalue weighted by molar-refractivity contribution is 6.28. The van der Waals surface area contributed by atoms with Crippen LogP contribution in [0.1, 0.15) is 5.56 Å². The summed E-state index contributed by atoms with van der Waals surface area (Å²) in [6.45, 7) is 2.00. The van der Waals surface area contributed by atoms with Gasteiger partial charge in [-0.15, -0.1) is 0 Å². The average molecular weight is 278 g/mol. The number of carbonyl (C=O) groups is 2. The fourth-order valence-corrected chi connectivity index (χ4v) is 2.36. The van der Waals surface area contributed by atoms with E-state index in [-0.39, 0.29) is 11.8 Å². The Labute approximate surface area is 122 Å². The minimum absolute atomic E-state index is 0.317. The summed E-state index contributed by atoms with van der Waals surface area (Å²) in [7, 11) is 0. The van der Waals surface area contributed by atoms with E-state index in [4.69, 9.17) is 5.73 Å². The number of anilines is 2. The molecule has 1 aliphatic rings. The summed E-state index contributed by atoms with van der Waals surface area (Å²) in [5.41, 5.74) is 10.3. The molecule has 21 heavy (non-hydrogen) atoms. The molecular weight excluding hydrogens is 264 g/mol. The number of nitrogen functional groups attached to an aromatic ring is 1. The first-order valence-electron chi connectivity index (χ1n) is 6.59. The summed E-state index contributed by atoms with van der Waals surface area (Å²) in [4.78, 5) is 24.4. The number of hydrogen-bond acceptors (Lipinski definition) is 3. The van der Waals surface area contributed by atoms with Gasteiger partial charge < -0.3 is 5.73 Å². The Balaban J connectivity index is 1.96. The van der Waals surface area contributed by atoms with E-state index in [1.165, 1.54) is 12.2 Å². The van der Waals surface area contributed by atoms with Crippen LogP contribution in [-0.2, 0) is 9.59 Å². The first-order chi connectivity index (χ1) is 10.1. The predicted molar refractivity (Wildman–Crippen MR) is 82.7 cm³/mol. The van der Waals surface area contributed by atoms with Gasteiger partial charge in [0.15, 0.2) is 0 Å². The van der Waals surface area contributed by atoms with Gasteiger partial charge in [0, 0.05) is 23.4 Å². The van der Waals surface area contributed by atoms with Crippen molar-refractivity contribution in [2.75, 3.05) is 10.6 Å². The lowest BCUT2D eigenvalue weighted by molar-refractivity contribution is -0.119. The third-order valence-electron chi connectivity index (χ3n) is 3.45. The molecule has 0 bridgehead atoms. The standard InChI is InChI=1S/C17H14N2O2/c1-11-2-7-15(18)14(10-11)12-3-5-13(6-4-12)19-16(20)8-9-17(19)21/h2-10H,18H2,1H3. The van der Waals surface area contributed by atoms with Crippen molar-refractivity contribution in [1.29, 1.82) is 0 Å². The van der Waals surface area contributed by atoms with Crippen molar-refractivity contribution < 1.29 is 9.59 Å². The van der Waals surface area contributed by atoms with Crippen molar-refractivity contribution in [3.05, 3.63) is 60.2 Å². The van der Waals surface area contributed by atoms with Crippen LogP contribution >= 0.6 is 0 Å². The van der Waals surface area contributed by atoms with E-state index in [0.717, 1.165) is 21.6 Å². The average Bonchev–Trinajstić information content (AvgIpc) is 2.81. The minimum Gasteiger partial charge on any atom is -0.398 e. The van der Waals surface area contributed by atoms with Gasteiger partial charge in [-0.1, -0.05) is 23.8 Å². The van der Waals surface area contributed by atoms with Crippen molar-refractivity contribution >= 4 is 23.2 Å². The van der Waals surface area contributed by atoms with Gasteiger partial charge in [0.1, 0.15) is 0 Å². The summed E-state index contributed by atoms with van der Waals surface area (Å²) in [5.74, 6) is -0.634. The Morgan fingerprint density at radius 2 is 1.52 bits per heavy atom. The van der Waals surface area contributed by atoms with Crippen LogP contribution in [0.25, 0.3) is 11.1 Å². The van der Waals surface area contributed by atoms with E-state index < -0.39 is 0 Å². The number of aryl methyl sites for hydroxylation is 1. The van der Waals surface area contributed by atoms with Gasteiger partial charge in [0.2, 0.25) is 0 Å². The van der Waals surface area contributed by atoms with E-state index in [2.05, 4.69) is 0 Å². The van der Waals surface area contributed by atoms with Gasteiger partial charge in [0.25, 0.3) is 11.8 Å². The highest BCUT2D eigenvalue weighted by Gasteiger charge is 2.24. The van der Waals surface area contributed by atoms with Crippen molar-refractivity contribution in [2.45, 2.75) is 6.92 Å². The molecule has 0 spiro atoms. The van der Waals surface area contributed by atoms with Crippen molar-refractivity contribution in [1.82, 2.24) is 0 Å². The molecule has 0 saturated heterocycles. The molecule has 4 nitrogen and oxygen atoms in total. The first kappa shape index (κ1) is 13.1. The maximum absolute atomic E-state index is 11.6. The van der Waals surface area contributed by atoms with Gasteiger partial charge in [-0.3, -0.25) is 9.59 Å². The molecule has 3 rings (SSSR count). The van der Waals surface area contributed by atoms with E-state index in [9.17, 15) is 9.59 Å². The number of nitrogens with zero attached hydrogens (tertiary/aromatic N) is 1. The molecule has 4 heteroatoms. The summed E-state index contributed by atoms with van der Waals surface area (Å²) >= 11 is 0. The minimum atomic E-state index is -0.317. The summed E-state index contributed by atoms with van der Waals surface area (Å²) in [5, 5.41) is 0. The molecule has 2 amide bonds. The maximum Gasteiger partial charge on any atom is 0.258 e. The molecule has 1 heterocycles. The van der Waals surface area contributed by atoms with Crippen molar-refractivity contribution in [3.8, 4) is 11.1 Å². The zero-order chi connectivity index (χ0) is 15.0. The Bertz CT molecular complexity index is 743. The second-order valence-corrected chi connectivity index (χ2v) is 4.98. The largest absolute Gasteiger partial charge is 0.398 e. The molecule has 1 aliphatic heterocycles. The third-order valence-corrected chi connectivity index (χ3v) is 3.45. The molecule has 0 radical (unpaired) electrons. The summed E-state index contributed by atoms with van der Waals surface area (Å²) in [6.07, 6.45) is 2.55. The smallest absolute Gasteiger partial charge is 0.258 e. The number of rotatable bonds is 2. The van der Waals surface area contributed by atoms with Crippen LogP contribution in [0.4, 0.5) is 11.4 Å². The fourth-order valence-electron chi connectivity index (χ4n) is 2.36. The molecule has 0 saturated carbocycles. The second-order valence-electron chi connectivity index (χ2n) is 4.98. The van der Waals surface area contributed by atoms with E-state index in [1.54, 1.807) is 12.1 Å². The topological polar surface area (TPSA) is 63.4 Å². The van der Waals surface area contributed by atoms with Gasteiger partial charge in [0.05, 0.1) is 5.69 Å². The van der Waals surface area contributed by atoms with E-state index in [0.29, 0.717) is 11.4 Å². The van der Waals surface area contributed by atoms with Gasteiger partial charge in [-0.2, -0.15) is 0 Å². The highest BCUT2D eigenvalue weighted by Crippen LogP contribution is 2.29. The molecule has 0 aromatic heterocycles. The number of nitrogens with two attached hydrogens (primary N) is 1. The number of amides is 2. The van der Waals surface area contributed by atoms with Crippen LogP contribution in [-0.4, -0.2) is 11.8 Å². The molecule has 0 aliphatic carbocycles. The molecule has 2 aromatic rings. The van der Waals surface area contributed by atoms with Gasteiger partial charge in [-0.05, 0) is 36.8 Å². The van der Waals surface area contributed by atoms with Crippen LogP contribution in [0.15, 0.2) is 54.6 Å². The van der Waals surface area contributed by atoms with E-state index >= 15 is 0 Å². The van der Waals surface area contributed by atoms with Gasteiger partial charge in [-0.25, -0.2) is 4.90 Å². The molecule has 2 aromatic carbocycles. The Kier molecular flexibility index (Phi) is 3.06. The van der Waals surface area contributed by atoms with Crippen LogP contribution < -0.4 is 10.6 Å². The number of benzene rings is 2. The summed E-state index contributed by atoms with van der Waals surface area (Å²) < 4.78 is 0. The number of imide groups is 1. The lowest BCUT2D eigenvalue weighted by atomic mass is 10.0. The Morgan fingerprint density at radius 1 is 0.905 bits per heavy atom. The molecule has 0 fully saturated rings. The number of hydrogen-bond donors (Lipinski definition) is 1. The lowest BCUT2D eigenvalue weighted by Gasteiger charge is -2.14. The monoisotopic (exact) mass is 278 g/mol. The number of carbonyl (C=O) groups excluding carboxylic acids is 2. The molecular formula is C17H14N2O2. The van der Waals surface area contributed by atoms with Crippen LogP contribution in [0.5, 0.6) is 0 Å². The van der Waals surface area contributed by atoms with Crippen LogP contribution in [0, 0.1) is 6.92 Å². The molecule has 104 valence electrons. The van der Waals surface area contributed by atoms with Crippen LogP contribution in [0.3, 0.4) is 0 Å². The van der Waals surface area contributed by atoms with E-state index in [1.807, 2.05) is 37.3 Å². The Hall–Kier alpha value is -2.88. The molecule has 2 N–H and O–H groups in total.